The first-order valence-electron chi connectivity index (χ1n) is 5.62. The molecule has 0 saturated heterocycles. The van der Waals surface area contributed by atoms with Crippen molar-refractivity contribution < 1.29 is 9.85 Å². The zero-order valence-corrected chi connectivity index (χ0v) is 10.2. The second-order valence-electron chi connectivity index (χ2n) is 3.96. The molecule has 97 valence electrons. The minimum absolute atomic E-state index is 0.00426. The Balaban J connectivity index is 2.59. The predicted molar refractivity (Wildman–Crippen MR) is 75.2 cm³/mol. The molecule has 0 fully saturated rings. The summed E-state index contributed by atoms with van der Waals surface area (Å²) in [7, 11) is 5.90. The van der Waals surface area contributed by atoms with E-state index in [-0.39, 0.29) is 28.0 Å². The topological polar surface area (TPSA) is 86.3 Å². The molecule has 2 aromatic rings. The Hall–Kier alpha value is -2.83. The molecule has 0 unspecified atom stereocenters. The van der Waals surface area contributed by atoms with E-state index in [1.54, 1.807) is 12.1 Å². The first-order valence-corrected chi connectivity index (χ1v) is 5.62. The molecule has 0 aliphatic carbocycles. The molecule has 1 radical (unpaired) electrons. The van der Waals surface area contributed by atoms with Crippen molar-refractivity contribution in [2.24, 2.45) is 0 Å². The zero-order chi connectivity index (χ0) is 14.7. The molecule has 7 heteroatoms. The molecular weight excluding hydrogens is 259 g/mol. The Morgan fingerprint density at radius 3 is 1.50 bits per heavy atom. The van der Waals surface area contributed by atoms with Crippen LogP contribution in [0.2, 0.25) is 0 Å². The molecule has 6 nitrogen and oxygen atoms in total. The SMILES string of the molecule is [B]=C(c1ccccc1[N+](=O)[O-])c1ccccc1[N+](=O)[O-]. The molecule has 0 aliphatic rings. The van der Waals surface area contributed by atoms with Crippen LogP contribution in [0, 0.1) is 20.2 Å². The summed E-state index contributed by atoms with van der Waals surface area (Å²) in [5.41, 5.74) is -0.0606. The molecule has 0 saturated carbocycles. The fraction of sp³-hybridized carbons (Fsp3) is 0. The Labute approximate surface area is 115 Å². The van der Waals surface area contributed by atoms with Gasteiger partial charge in [-0.3, -0.25) is 0 Å². The Kier molecular flexibility index (Phi) is 3.70. The van der Waals surface area contributed by atoms with E-state index >= 15 is 0 Å². The molecule has 0 atom stereocenters. The van der Waals surface area contributed by atoms with Crippen LogP contribution in [-0.4, -0.2) is 22.8 Å². The van der Waals surface area contributed by atoms with Crippen molar-refractivity contribution in [3.8, 4) is 0 Å². The van der Waals surface area contributed by atoms with Crippen LogP contribution in [0.5, 0.6) is 0 Å². The summed E-state index contributed by atoms with van der Waals surface area (Å²) < 4.78 is 0. The first-order chi connectivity index (χ1) is 9.52. The van der Waals surface area contributed by atoms with Crippen molar-refractivity contribution in [1.29, 1.82) is 0 Å². The minimum atomic E-state index is -0.572. The summed E-state index contributed by atoms with van der Waals surface area (Å²) in [5, 5.41) is 22.0. The van der Waals surface area contributed by atoms with Gasteiger partial charge in [-0.2, -0.15) is 0 Å². The van der Waals surface area contributed by atoms with Gasteiger partial charge in [0, 0.05) is 0 Å². The molecule has 2 aromatic carbocycles. The average Bonchev–Trinajstić information content (AvgIpc) is 2.46. The van der Waals surface area contributed by atoms with Crippen LogP contribution in [0.1, 0.15) is 11.1 Å². The molecule has 2 rings (SSSR count). The molecule has 0 N–H and O–H groups in total. The van der Waals surface area contributed by atoms with E-state index in [0.717, 1.165) is 0 Å². The number of nitro benzene ring substituents is 2. The third-order valence-electron chi connectivity index (χ3n) is 2.78. The van der Waals surface area contributed by atoms with E-state index in [9.17, 15) is 20.2 Å². The van der Waals surface area contributed by atoms with Gasteiger partial charge < -0.3 is 0 Å². The predicted octanol–water partition coefficient (Wildman–Crippen LogP) is 2.24. The quantitative estimate of drug-likeness (QED) is 0.482. The van der Waals surface area contributed by atoms with Crippen molar-refractivity contribution in [3.63, 3.8) is 0 Å². The number of hydrogen-bond donors (Lipinski definition) is 0. The van der Waals surface area contributed by atoms with Gasteiger partial charge in [0.25, 0.3) is 0 Å². The number of para-hydroxylation sites is 2. The molecule has 0 bridgehead atoms. The molecule has 0 aliphatic heterocycles. The van der Waals surface area contributed by atoms with Crippen LogP contribution >= 0.6 is 0 Å². The molecule has 0 spiro atoms. The average molecular weight is 267 g/mol. The summed E-state index contributed by atoms with van der Waals surface area (Å²) >= 11 is 0. The number of hydrogen-bond acceptors (Lipinski definition) is 4. The van der Waals surface area contributed by atoms with Gasteiger partial charge in [0.1, 0.15) is 0 Å². The zero-order valence-electron chi connectivity index (χ0n) is 10.2. The Bertz CT molecular complexity index is 656. The molecule has 0 heterocycles. The van der Waals surface area contributed by atoms with E-state index in [2.05, 4.69) is 0 Å². The van der Waals surface area contributed by atoms with Crippen LogP contribution in [0.3, 0.4) is 0 Å². The van der Waals surface area contributed by atoms with Gasteiger partial charge >= 0.3 is 114 Å². The molecular formula is C13H8BN2O4. The second-order valence-corrected chi connectivity index (χ2v) is 3.96. The second kappa shape index (κ2) is 5.44. The van der Waals surface area contributed by atoms with E-state index < -0.39 is 9.85 Å². The molecule has 0 amide bonds. The molecule has 0 aromatic heterocycles. The third-order valence-corrected chi connectivity index (χ3v) is 2.78. The van der Waals surface area contributed by atoms with E-state index in [4.69, 9.17) is 7.49 Å². The van der Waals surface area contributed by atoms with Gasteiger partial charge in [-0.05, 0) is 0 Å². The van der Waals surface area contributed by atoms with Crippen molar-refractivity contribution in [1.82, 2.24) is 0 Å². The van der Waals surface area contributed by atoms with Crippen molar-refractivity contribution in [3.05, 3.63) is 79.9 Å². The van der Waals surface area contributed by atoms with Gasteiger partial charge in [0.2, 0.25) is 0 Å². The summed E-state index contributed by atoms with van der Waals surface area (Å²) in [6, 6.07) is 11.7. The van der Waals surface area contributed by atoms with Gasteiger partial charge in [-0.1, -0.05) is 0 Å². The van der Waals surface area contributed by atoms with Crippen molar-refractivity contribution >= 4 is 24.3 Å². The first kappa shape index (κ1) is 13.6. The standard InChI is InChI=1S/C13H8BN2O4/c14-13(9-5-1-3-7-11(9)15(17)18)10-6-2-4-8-12(10)16(19)20/h1-8H. The van der Waals surface area contributed by atoms with Crippen LogP contribution in [0.15, 0.2) is 48.5 Å². The van der Waals surface area contributed by atoms with Crippen molar-refractivity contribution in [2.75, 3.05) is 0 Å². The van der Waals surface area contributed by atoms with Crippen LogP contribution < -0.4 is 0 Å². The fourth-order valence-electron chi connectivity index (χ4n) is 1.87. The van der Waals surface area contributed by atoms with Gasteiger partial charge in [-0.25, -0.2) is 0 Å². The number of benzene rings is 2. The van der Waals surface area contributed by atoms with Crippen LogP contribution in [0.25, 0.3) is 0 Å². The third kappa shape index (κ3) is 2.46. The Morgan fingerprint density at radius 1 is 0.800 bits per heavy atom. The van der Waals surface area contributed by atoms with Gasteiger partial charge in [0.05, 0.1) is 0 Å². The van der Waals surface area contributed by atoms with E-state index in [1.807, 2.05) is 0 Å². The van der Waals surface area contributed by atoms with Crippen LogP contribution in [0.4, 0.5) is 11.4 Å². The molecule has 20 heavy (non-hydrogen) atoms. The van der Waals surface area contributed by atoms with Gasteiger partial charge in [-0.15, -0.1) is 0 Å². The fourth-order valence-corrected chi connectivity index (χ4v) is 1.87. The number of nitro groups is 2. The summed E-state index contributed by atoms with van der Waals surface area (Å²) in [6.07, 6.45) is 0. The number of rotatable bonds is 4. The Morgan fingerprint density at radius 2 is 1.15 bits per heavy atom. The van der Waals surface area contributed by atoms with E-state index in [0.29, 0.717) is 0 Å². The van der Waals surface area contributed by atoms with Crippen LogP contribution in [-0.2, 0) is 0 Å². The maximum absolute atomic E-state index is 11.0. The van der Waals surface area contributed by atoms with Gasteiger partial charge in [0.15, 0.2) is 0 Å². The summed E-state index contributed by atoms with van der Waals surface area (Å²) in [6.45, 7) is 0. The van der Waals surface area contributed by atoms with E-state index in [1.165, 1.54) is 36.4 Å². The maximum atomic E-state index is 11.0. The summed E-state index contributed by atoms with van der Waals surface area (Å²) in [5.74, 6) is 0. The van der Waals surface area contributed by atoms with Crippen molar-refractivity contribution in [2.45, 2.75) is 0 Å². The monoisotopic (exact) mass is 267 g/mol. The summed E-state index contributed by atoms with van der Waals surface area (Å²) in [4.78, 5) is 20.8. The normalized spacial score (nSPS) is 9.95. The number of nitrogens with zero attached hydrogens (tertiary/aromatic N) is 2.